The third-order valence-electron chi connectivity index (χ3n) is 2.63. The number of carbonyl (C=O) groups is 2. The molecule has 0 saturated carbocycles. The average Bonchev–Trinajstić information content (AvgIpc) is 2.58. The highest BCUT2D eigenvalue weighted by atomic mass is 19.4. The van der Waals surface area contributed by atoms with Crippen molar-refractivity contribution in [2.75, 3.05) is 11.4 Å². The number of halogens is 3. The van der Waals surface area contributed by atoms with Crippen molar-refractivity contribution >= 4 is 17.6 Å². The van der Waals surface area contributed by atoms with Crippen LogP contribution < -0.4 is 10.2 Å². The number of benzene rings is 1. The van der Waals surface area contributed by atoms with Crippen molar-refractivity contribution in [3.05, 3.63) is 29.3 Å². The van der Waals surface area contributed by atoms with Gasteiger partial charge in [0.05, 0.1) is 17.8 Å². The van der Waals surface area contributed by atoms with Gasteiger partial charge in [-0.1, -0.05) is 6.07 Å². The van der Waals surface area contributed by atoms with Crippen LogP contribution in [0.5, 0.6) is 0 Å². The summed E-state index contributed by atoms with van der Waals surface area (Å²) in [5.74, 6) is -0.572. The predicted molar refractivity (Wildman–Crippen MR) is 57.1 cm³/mol. The molecule has 2 rings (SSSR count). The minimum absolute atomic E-state index is 0.0401. The Labute approximate surface area is 100 Å². The first-order valence-electron chi connectivity index (χ1n) is 5.09. The molecule has 0 bridgehead atoms. The first-order chi connectivity index (χ1) is 8.30. The summed E-state index contributed by atoms with van der Waals surface area (Å²) in [5.41, 5.74) is -0.890. The molecule has 1 fully saturated rings. The molecule has 96 valence electrons. The van der Waals surface area contributed by atoms with E-state index in [9.17, 15) is 22.8 Å². The Morgan fingerprint density at radius 3 is 2.44 bits per heavy atom. The maximum atomic E-state index is 12.7. The van der Waals surface area contributed by atoms with Gasteiger partial charge in [-0.2, -0.15) is 13.2 Å². The SMILES string of the molecule is Cc1ccc(N2C(=O)CNC2=O)cc1C(F)(F)F. The molecule has 0 aliphatic carbocycles. The summed E-state index contributed by atoms with van der Waals surface area (Å²) in [7, 11) is 0. The van der Waals surface area contributed by atoms with E-state index in [0.29, 0.717) is 4.90 Å². The van der Waals surface area contributed by atoms with Crippen molar-refractivity contribution in [1.82, 2.24) is 5.32 Å². The van der Waals surface area contributed by atoms with Crippen LogP contribution in [0.25, 0.3) is 0 Å². The summed E-state index contributed by atoms with van der Waals surface area (Å²) in [6.45, 7) is 1.12. The van der Waals surface area contributed by atoms with E-state index in [1.54, 1.807) is 0 Å². The maximum absolute atomic E-state index is 12.7. The topological polar surface area (TPSA) is 49.4 Å². The van der Waals surface area contributed by atoms with Crippen LogP contribution in [0, 0.1) is 6.92 Å². The summed E-state index contributed by atoms with van der Waals surface area (Å²) in [6.07, 6.45) is -4.51. The Bertz CT molecular complexity index is 510. The second-order valence-corrected chi connectivity index (χ2v) is 3.88. The third kappa shape index (κ3) is 2.03. The third-order valence-corrected chi connectivity index (χ3v) is 2.63. The van der Waals surface area contributed by atoms with Crippen molar-refractivity contribution in [2.45, 2.75) is 13.1 Å². The second kappa shape index (κ2) is 4.01. The Hall–Kier alpha value is -2.05. The summed E-state index contributed by atoms with van der Waals surface area (Å²) in [6, 6.07) is 2.64. The summed E-state index contributed by atoms with van der Waals surface area (Å²) in [4.78, 5) is 23.4. The number of carbonyl (C=O) groups excluding carboxylic acids is 2. The summed E-state index contributed by atoms with van der Waals surface area (Å²) < 4.78 is 38.1. The van der Waals surface area contributed by atoms with Gasteiger partial charge < -0.3 is 5.32 Å². The van der Waals surface area contributed by atoms with E-state index in [1.807, 2.05) is 0 Å². The van der Waals surface area contributed by atoms with Crippen LogP contribution in [0.15, 0.2) is 18.2 Å². The van der Waals surface area contributed by atoms with Crippen molar-refractivity contribution < 1.29 is 22.8 Å². The molecule has 0 radical (unpaired) electrons. The van der Waals surface area contributed by atoms with E-state index < -0.39 is 23.7 Å². The molecule has 0 aromatic heterocycles. The number of amides is 3. The highest BCUT2D eigenvalue weighted by Gasteiger charge is 2.35. The smallest absolute Gasteiger partial charge is 0.328 e. The fourth-order valence-electron chi connectivity index (χ4n) is 1.74. The molecule has 3 amide bonds. The van der Waals surface area contributed by atoms with Gasteiger partial charge in [0.2, 0.25) is 0 Å². The zero-order valence-corrected chi connectivity index (χ0v) is 9.34. The number of aryl methyl sites for hydroxylation is 1. The predicted octanol–water partition coefficient (Wildman–Crippen LogP) is 2.07. The van der Waals surface area contributed by atoms with Gasteiger partial charge in [-0.05, 0) is 24.6 Å². The molecular weight excluding hydrogens is 249 g/mol. The molecule has 1 aromatic rings. The average molecular weight is 258 g/mol. The molecule has 0 unspecified atom stereocenters. The first kappa shape index (κ1) is 12.4. The van der Waals surface area contributed by atoms with E-state index >= 15 is 0 Å². The fraction of sp³-hybridized carbons (Fsp3) is 0.273. The number of alkyl halides is 3. The van der Waals surface area contributed by atoms with E-state index in [4.69, 9.17) is 0 Å². The van der Waals surface area contributed by atoms with E-state index in [0.717, 1.165) is 6.07 Å². The van der Waals surface area contributed by atoms with Crippen LogP contribution in [0.3, 0.4) is 0 Å². The molecule has 1 aliphatic heterocycles. The molecule has 1 heterocycles. The summed E-state index contributed by atoms with van der Waals surface area (Å²) in [5, 5.41) is 2.25. The van der Waals surface area contributed by atoms with Crippen LogP contribution in [-0.4, -0.2) is 18.5 Å². The molecule has 0 spiro atoms. The van der Waals surface area contributed by atoms with Gasteiger partial charge >= 0.3 is 12.2 Å². The Morgan fingerprint density at radius 2 is 1.94 bits per heavy atom. The molecule has 0 atom stereocenters. The van der Waals surface area contributed by atoms with Gasteiger partial charge in [-0.25, -0.2) is 9.69 Å². The van der Waals surface area contributed by atoms with Gasteiger partial charge in [0.25, 0.3) is 5.91 Å². The lowest BCUT2D eigenvalue weighted by atomic mass is 10.1. The molecule has 7 heteroatoms. The molecule has 1 aliphatic rings. The van der Waals surface area contributed by atoms with Gasteiger partial charge in [0.1, 0.15) is 0 Å². The van der Waals surface area contributed by atoms with Gasteiger partial charge in [-0.15, -0.1) is 0 Å². The van der Waals surface area contributed by atoms with Gasteiger partial charge in [-0.3, -0.25) is 4.79 Å². The molecular formula is C11H9F3N2O2. The quantitative estimate of drug-likeness (QED) is 0.784. The lowest BCUT2D eigenvalue weighted by Gasteiger charge is -2.16. The summed E-state index contributed by atoms with van der Waals surface area (Å²) >= 11 is 0. The highest BCUT2D eigenvalue weighted by molar-refractivity contribution is 6.19. The van der Waals surface area contributed by atoms with Gasteiger partial charge in [0.15, 0.2) is 0 Å². The van der Waals surface area contributed by atoms with Crippen molar-refractivity contribution in [3.63, 3.8) is 0 Å². The number of hydrogen-bond acceptors (Lipinski definition) is 2. The first-order valence-corrected chi connectivity index (χ1v) is 5.09. The number of nitrogens with one attached hydrogen (secondary N) is 1. The zero-order valence-electron chi connectivity index (χ0n) is 9.34. The van der Waals surface area contributed by atoms with Crippen LogP contribution in [0.2, 0.25) is 0 Å². The van der Waals surface area contributed by atoms with E-state index in [2.05, 4.69) is 5.32 Å². The van der Waals surface area contributed by atoms with Crippen molar-refractivity contribution in [3.8, 4) is 0 Å². The molecule has 1 aromatic carbocycles. The Balaban J connectivity index is 2.48. The van der Waals surface area contributed by atoms with Gasteiger partial charge in [0, 0.05) is 0 Å². The fourth-order valence-corrected chi connectivity index (χ4v) is 1.74. The molecule has 1 saturated heterocycles. The lowest BCUT2D eigenvalue weighted by molar-refractivity contribution is -0.138. The number of urea groups is 1. The van der Waals surface area contributed by atoms with Crippen LogP contribution in [-0.2, 0) is 11.0 Å². The molecule has 4 nitrogen and oxygen atoms in total. The molecule has 18 heavy (non-hydrogen) atoms. The van der Waals surface area contributed by atoms with Crippen LogP contribution in [0.1, 0.15) is 11.1 Å². The van der Waals surface area contributed by atoms with Crippen LogP contribution >= 0.6 is 0 Å². The largest absolute Gasteiger partial charge is 0.416 e. The van der Waals surface area contributed by atoms with Crippen molar-refractivity contribution in [1.29, 1.82) is 0 Å². The Kier molecular flexibility index (Phi) is 2.76. The Morgan fingerprint density at radius 1 is 1.28 bits per heavy atom. The normalized spacial score (nSPS) is 16.1. The molecule has 1 N–H and O–H groups in total. The standard InChI is InChI=1S/C11H9F3N2O2/c1-6-2-3-7(4-8(6)11(12,13)14)16-9(17)5-15-10(16)18/h2-4H,5H2,1H3,(H,15,18). The monoisotopic (exact) mass is 258 g/mol. The lowest BCUT2D eigenvalue weighted by Crippen LogP contribution is -2.31. The highest BCUT2D eigenvalue weighted by Crippen LogP contribution is 2.34. The van der Waals surface area contributed by atoms with Crippen molar-refractivity contribution in [2.24, 2.45) is 0 Å². The van der Waals surface area contributed by atoms with E-state index in [-0.39, 0.29) is 17.8 Å². The number of nitrogens with zero attached hydrogens (tertiary/aromatic N) is 1. The minimum Gasteiger partial charge on any atom is -0.328 e. The number of anilines is 1. The number of rotatable bonds is 1. The number of hydrogen-bond donors (Lipinski definition) is 1. The van der Waals surface area contributed by atoms with E-state index in [1.165, 1.54) is 19.1 Å². The zero-order chi connectivity index (χ0) is 13.5. The minimum atomic E-state index is -4.51. The van der Waals surface area contributed by atoms with Crippen LogP contribution in [0.4, 0.5) is 23.7 Å². The second-order valence-electron chi connectivity index (χ2n) is 3.88. The number of imide groups is 1. The maximum Gasteiger partial charge on any atom is 0.416 e.